The van der Waals surface area contributed by atoms with Crippen molar-refractivity contribution in [3.05, 3.63) is 39.4 Å². The van der Waals surface area contributed by atoms with Crippen LogP contribution in [0.1, 0.15) is 34.6 Å². The first-order chi connectivity index (χ1) is 12.1. The molecule has 2 atom stereocenters. The van der Waals surface area contributed by atoms with Crippen LogP contribution in [-0.4, -0.2) is 60.2 Å². The number of aliphatic hydroxyl groups is 1. The molecule has 1 fully saturated rings. The number of carbonyl (C=O) groups is 2. The highest BCUT2D eigenvalue weighted by Gasteiger charge is 2.32. The number of non-ortho nitro benzene ring substituents is 1. The maximum atomic E-state index is 12.5. The minimum absolute atomic E-state index is 0.0152. The highest BCUT2D eigenvalue weighted by molar-refractivity contribution is 5.99. The second-order valence-electron chi connectivity index (χ2n) is 6.19. The molecule has 2 rings (SSSR count). The SMILES string of the molecule is COC(=O)c1cc(C(=O)NC2COC(C)(C)OCC2O)cc([N+](=O)[O-])c1. The van der Waals surface area contributed by atoms with Gasteiger partial charge in [-0.2, -0.15) is 0 Å². The zero-order valence-electron chi connectivity index (χ0n) is 14.6. The van der Waals surface area contributed by atoms with E-state index in [1.807, 2.05) is 0 Å². The topological polar surface area (TPSA) is 137 Å². The Bertz CT molecular complexity index is 718. The Kier molecular flexibility index (Phi) is 5.90. The molecule has 0 saturated carbocycles. The Labute approximate surface area is 149 Å². The lowest BCUT2D eigenvalue weighted by Gasteiger charge is -2.23. The number of hydrogen-bond acceptors (Lipinski definition) is 8. The smallest absolute Gasteiger partial charge is 0.338 e. The van der Waals surface area contributed by atoms with E-state index in [2.05, 4.69) is 10.1 Å². The summed E-state index contributed by atoms with van der Waals surface area (Å²) in [6, 6.07) is 2.44. The fourth-order valence-corrected chi connectivity index (χ4v) is 2.32. The molecule has 0 aromatic heterocycles. The number of rotatable bonds is 4. The molecule has 0 spiro atoms. The summed E-state index contributed by atoms with van der Waals surface area (Å²) in [5.74, 6) is -2.42. The number of esters is 1. The summed E-state index contributed by atoms with van der Waals surface area (Å²) in [4.78, 5) is 34.5. The Hall–Kier alpha value is -2.56. The molecule has 10 heteroatoms. The summed E-state index contributed by atoms with van der Waals surface area (Å²) in [6.45, 7) is 3.28. The molecular formula is C16H20N2O8. The van der Waals surface area contributed by atoms with Gasteiger partial charge in [-0.1, -0.05) is 0 Å². The van der Waals surface area contributed by atoms with Gasteiger partial charge >= 0.3 is 5.97 Å². The maximum Gasteiger partial charge on any atom is 0.338 e. The average molecular weight is 368 g/mol. The molecule has 142 valence electrons. The second-order valence-corrected chi connectivity index (χ2v) is 6.19. The van der Waals surface area contributed by atoms with E-state index >= 15 is 0 Å². The molecular weight excluding hydrogens is 348 g/mol. The Morgan fingerprint density at radius 1 is 1.27 bits per heavy atom. The van der Waals surface area contributed by atoms with Gasteiger partial charge in [-0.05, 0) is 19.9 Å². The van der Waals surface area contributed by atoms with Crippen molar-refractivity contribution < 1.29 is 33.8 Å². The number of benzene rings is 1. The van der Waals surface area contributed by atoms with Crippen LogP contribution in [0.4, 0.5) is 5.69 Å². The summed E-state index contributed by atoms with van der Waals surface area (Å²) in [7, 11) is 1.13. The predicted octanol–water partition coefficient (Wildman–Crippen LogP) is 0.624. The monoisotopic (exact) mass is 368 g/mol. The van der Waals surface area contributed by atoms with Gasteiger partial charge in [0.25, 0.3) is 11.6 Å². The predicted molar refractivity (Wildman–Crippen MR) is 87.7 cm³/mol. The first-order valence-electron chi connectivity index (χ1n) is 7.77. The Morgan fingerprint density at radius 3 is 2.50 bits per heavy atom. The highest BCUT2D eigenvalue weighted by Crippen LogP contribution is 2.20. The van der Waals surface area contributed by atoms with E-state index in [4.69, 9.17) is 9.47 Å². The molecule has 1 saturated heterocycles. The molecule has 0 bridgehead atoms. The first kappa shape index (κ1) is 19.8. The van der Waals surface area contributed by atoms with Crippen LogP contribution in [0.5, 0.6) is 0 Å². The van der Waals surface area contributed by atoms with Crippen LogP contribution in [-0.2, 0) is 14.2 Å². The zero-order chi connectivity index (χ0) is 19.5. The van der Waals surface area contributed by atoms with Crippen LogP contribution in [0.3, 0.4) is 0 Å². The summed E-state index contributed by atoms with van der Waals surface area (Å²) >= 11 is 0. The average Bonchev–Trinajstić information content (AvgIpc) is 2.73. The van der Waals surface area contributed by atoms with Crippen molar-refractivity contribution in [2.24, 2.45) is 0 Å². The third-order valence-electron chi connectivity index (χ3n) is 3.81. The van der Waals surface area contributed by atoms with Gasteiger partial charge in [0.05, 0.1) is 43.0 Å². The third-order valence-corrected chi connectivity index (χ3v) is 3.81. The lowest BCUT2D eigenvalue weighted by atomic mass is 10.1. The largest absolute Gasteiger partial charge is 0.465 e. The number of amides is 1. The van der Waals surface area contributed by atoms with Crippen LogP contribution in [0.2, 0.25) is 0 Å². The van der Waals surface area contributed by atoms with Crippen LogP contribution in [0.15, 0.2) is 18.2 Å². The summed E-state index contributed by atoms with van der Waals surface area (Å²) in [6.07, 6.45) is -1.03. The summed E-state index contributed by atoms with van der Waals surface area (Å²) in [5.41, 5.74) is -0.676. The molecule has 0 radical (unpaired) electrons. The van der Waals surface area contributed by atoms with Crippen molar-refractivity contribution in [1.29, 1.82) is 0 Å². The molecule has 1 aliphatic rings. The van der Waals surface area contributed by atoms with Crippen molar-refractivity contribution in [2.45, 2.75) is 31.8 Å². The molecule has 10 nitrogen and oxygen atoms in total. The number of methoxy groups -OCH3 is 1. The van der Waals surface area contributed by atoms with Crippen molar-refractivity contribution in [1.82, 2.24) is 5.32 Å². The van der Waals surface area contributed by atoms with Gasteiger partial charge in [-0.3, -0.25) is 14.9 Å². The van der Waals surface area contributed by atoms with Crippen LogP contribution < -0.4 is 5.32 Å². The Morgan fingerprint density at radius 2 is 1.88 bits per heavy atom. The number of nitro groups is 1. The van der Waals surface area contributed by atoms with Crippen molar-refractivity contribution in [3.8, 4) is 0 Å². The number of carbonyl (C=O) groups excluding carboxylic acids is 2. The molecule has 1 amide bonds. The Balaban J connectivity index is 2.24. The van der Waals surface area contributed by atoms with Crippen LogP contribution in [0.25, 0.3) is 0 Å². The number of ether oxygens (including phenoxy) is 3. The minimum Gasteiger partial charge on any atom is -0.465 e. The van der Waals surface area contributed by atoms with E-state index in [1.165, 1.54) is 6.07 Å². The molecule has 0 aliphatic carbocycles. The summed E-state index contributed by atoms with van der Waals surface area (Å²) < 4.78 is 15.4. The summed E-state index contributed by atoms with van der Waals surface area (Å²) in [5, 5.41) is 23.7. The number of nitrogens with zero attached hydrogens (tertiary/aromatic N) is 1. The van der Waals surface area contributed by atoms with E-state index in [0.29, 0.717) is 0 Å². The van der Waals surface area contributed by atoms with Crippen LogP contribution in [0, 0.1) is 10.1 Å². The van der Waals surface area contributed by atoms with Crippen LogP contribution >= 0.6 is 0 Å². The van der Waals surface area contributed by atoms with Gasteiger partial charge in [0.1, 0.15) is 0 Å². The highest BCUT2D eigenvalue weighted by atomic mass is 16.7. The van der Waals surface area contributed by atoms with Gasteiger partial charge in [0, 0.05) is 17.7 Å². The fraction of sp³-hybridized carbons (Fsp3) is 0.500. The van der Waals surface area contributed by atoms with E-state index in [0.717, 1.165) is 19.2 Å². The second kappa shape index (κ2) is 7.77. The molecule has 1 heterocycles. The minimum atomic E-state index is -1.03. The quantitative estimate of drug-likeness (QED) is 0.448. The number of aliphatic hydroxyl groups excluding tert-OH is 1. The molecule has 1 aliphatic heterocycles. The number of nitrogens with one attached hydrogen (secondary N) is 1. The lowest BCUT2D eigenvalue weighted by molar-refractivity contribution is -0.384. The van der Waals surface area contributed by atoms with Gasteiger partial charge in [0.2, 0.25) is 0 Å². The molecule has 1 aromatic rings. The van der Waals surface area contributed by atoms with E-state index in [-0.39, 0.29) is 24.3 Å². The van der Waals surface area contributed by atoms with Crippen molar-refractivity contribution in [2.75, 3.05) is 20.3 Å². The molecule has 26 heavy (non-hydrogen) atoms. The van der Waals surface area contributed by atoms with E-state index in [9.17, 15) is 24.8 Å². The standard InChI is InChI=1S/C16H20N2O8/c1-16(2)25-7-12(13(19)8-26-16)17-14(20)9-4-10(15(21)24-3)6-11(5-9)18(22)23/h4-6,12-13,19H,7-8H2,1-3H3,(H,17,20). The van der Waals surface area contributed by atoms with Crippen molar-refractivity contribution in [3.63, 3.8) is 0 Å². The van der Waals surface area contributed by atoms with Gasteiger partial charge in [-0.25, -0.2) is 4.79 Å². The molecule has 2 N–H and O–H groups in total. The normalized spacial score (nSPS) is 22.2. The van der Waals surface area contributed by atoms with E-state index in [1.54, 1.807) is 13.8 Å². The van der Waals surface area contributed by atoms with E-state index < -0.39 is 40.4 Å². The van der Waals surface area contributed by atoms with Gasteiger partial charge in [0.15, 0.2) is 5.79 Å². The third kappa shape index (κ3) is 4.75. The zero-order valence-corrected chi connectivity index (χ0v) is 14.6. The fourth-order valence-electron chi connectivity index (χ4n) is 2.32. The number of nitro benzene ring substituents is 1. The maximum absolute atomic E-state index is 12.5. The van der Waals surface area contributed by atoms with Gasteiger partial charge in [-0.15, -0.1) is 0 Å². The van der Waals surface area contributed by atoms with Crippen molar-refractivity contribution >= 4 is 17.6 Å². The number of hydrogen-bond donors (Lipinski definition) is 2. The molecule has 2 unspecified atom stereocenters. The first-order valence-corrected chi connectivity index (χ1v) is 7.77. The lowest BCUT2D eigenvalue weighted by Crippen LogP contribution is -2.46. The molecule has 1 aromatic carbocycles. The van der Waals surface area contributed by atoms with Gasteiger partial charge < -0.3 is 24.6 Å².